The highest BCUT2D eigenvalue weighted by molar-refractivity contribution is 6.00. The van der Waals surface area contributed by atoms with Crippen molar-refractivity contribution in [1.82, 2.24) is 5.48 Å². The number of non-ortho nitro benzene ring substituents is 1. The lowest BCUT2D eigenvalue weighted by molar-refractivity contribution is -0.384. The molecular weight excluding hydrogens is 432 g/mol. The number of Topliss-reactive ketones (excluding diaryl/α,β-unsaturated/α-hetero) is 1. The maximum atomic E-state index is 13.4. The van der Waals surface area contributed by atoms with Crippen molar-refractivity contribution in [2.75, 3.05) is 0 Å². The Kier molecular flexibility index (Phi) is 7.44. The van der Waals surface area contributed by atoms with E-state index in [0.29, 0.717) is 11.1 Å². The van der Waals surface area contributed by atoms with Crippen molar-refractivity contribution in [3.8, 4) is 11.1 Å². The molecular formula is C27H26N2O5. The molecule has 1 N–H and O–H groups in total. The summed E-state index contributed by atoms with van der Waals surface area (Å²) in [6, 6.07) is 21.5. The second-order valence-electron chi connectivity index (χ2n) is 8.49. The van der Waals surface area contributed by atoms with Crippen molar-refractivity contribution < 1.29 is 19.3 Å². The summed E-state index contributed by atoms with van der Waals surface area (Å²) in [6.45, 7) is 0. The van der Waals surface area contributed by atoms with Gasteiger partial charge in [-0.1, -0.05) is 61.7 Å². The smallest absolute Gasteiger partial charge is 0.356 e. The van der Waals surface area contributed by atoms with Crippen LogP contribution in [0.2, 0.25) is 0 Å². The minimum absolute atomic E-state index is 0.0296. The molecule has 0 heterocycles. The average Bonchev–Trinajstić information content (AvgIpc) is 2.90. The Morgan fingerprint density at radius 1 is 0.824 bits per heavy atom. The van der Waals surface area contributed by atoms with Gasteiger partial charge in [-0.05, 0) is 54.2 Å². The first-order valence-electron chi connectivity index (χ1n) is 11.4. The van der Waals surface area contributed by atoms with Gasteiger partial charge in [-0.25, -0.2) is 4.79 Å². The normalized spacial score (nSPS) is 14.8. The number of rotatable bonds is 8. The van der Waals surface area contributed by atoms with Gasteiger partial charge in [-0.3, -0.25) is 14.9 Å². The minimum Gasteiger partial charge on any atom is -0.366 e. The zero-order valence-corrected chi connectivity index (χ0v) is 18.7. The zero-order chi connectivity index (χ0) is 23.9. The number of carbonyl (C=O) groups is 2. The molecule has 1 unspecified atom stereocenters. The van der Waals surface area contributed by atoms with Crippen molar-refractivity contribution in [1.29, 1.82) is 0 Å². The van der Waals surface area contributed by atoms with Gasteiger partial charge in [0.2, 0.25) is 0 Å². The summed E-state index contributed by atoms with van der Waals surface area (Å²) in [6.07, 6.45) is 5.02. The molecule has 1 aliphatic rings. The maximum Gasteiger partial charge on any atom is 0.356 e. The molecule has 1 fully saturated rings. The topological polar surface area (TPSA) is 98.5 Å². The molecule has 1 saturated carbocycles. The average molecular weight is 459 g/mol. The lowest BCUT2D eigenvalue weighted by atomic mass is 9.81. The molecule has 3 aromatic carbocycles. The first kappa shape index (κ1) is 23.3. The third-order valence-electron chi connectivity index (χ3n) is 6.27. The summed E-state index contributed by atoms with van der Waals surface area (Å²) in [4.78, 5) is 41.6. The number of nitro benzene ring substituents is 1. The van der Waals surface area contributed by atoms with Gasteiger partial charge in [0.25, 0.3) is 5.69 Å². The molecule has 7 heteroatoms. The molecule has 0 amide bonds. The third kappa shape index (κ3) is 5.55. The van der Waals surface area contributed by atoms with E-state index in [9.17, 15) is 19.7 Å². The van der Waals surface area contributed by atoms with Gasteiger partial charge in [0.1, 0.15) is 6.04 Å². The molecule has 1 aliphatic carbocycles. The van der Waals surface area contributed by atoms with Crippen LogP contribution >= 0.6 is 0 Å². The van der Waals surface area contributed by atoms with Gasteiger partial charge >= 0.3 is 5.97 Å². The Labute approximate surface area is 197 Å². The van der Waals surface area contributed by atoms with Crippen LogP contribution in [-0.4, -0.2) is 22.7 Å². The highest BCUT2D eigenvalue weighted by atomic mass is 16.7. The Bertz CT molecular complexity index is 1140. The fourth-order valence-corrected chi connectivity index (χ4v) is 4.36. The van der Waals surface area contributed by atoms with Crippen LogP contribution in [0.25, 0.3) is 11.1 Å². The quantitative estimate of drug-likeness (QED) is 0.262. The van der Waals surface area contributed by atoms with Crippen LogP contribution in [0.5, 0.6) is 0 Å². The zero-order valence-electron chi connectivity index (χ0n) is 18.7. The number of hydrogen-bond acceptors (Lipinski definition) is 6. The van der Waals surface area contributed by atoms with Crippen molar-refractivity contribution in [2.24, 2.45) is 5.92 Å². The second kappa shape index (κ2) is 10.9. The molecule has 4 rings (SSSR count). The lowest BCUT2D eigenvalue weighted by Gasteiger charge is -2.29. The summed E-state index contributed by atoms with van der Waals surface area (Å²) in [5.41, 5.74) is 5.42. The highest BCUT2D eigenvalue weighted by Crippen LogP contribution is 2.29. The summed E-state index contributed by atoms with van der Waals surface area (Å²) in [5.74, 6) is -0.565. The molecule has 0 aromatic heterocycles. The Morgan fingerprint density at radius 2 is 1.41 bits per heavy atom. The van der Waals surface area contributed by atoms with Crippen LogP contribution in [0.4, 0.5) is 5.69 Å². The van der Waals surface area contributed by atoms with Crippen LogP contribution in [0, 0.1) is 16.0 Å². The number of carbonyl (C=O) groups excluding carboxylic acids is 2. The van der Waals surface area contributed by atoms with Crippen LogP contribution in [0.1, 0.15) is 52.8 Å². The van der Waals surface area contributed by atoms with Crippen molar-refractivity contribution in [3.05, 3.63) is 100 Å². The Hall–Kier alpha value is -3.84. The standard InChI is InChI=1S/C27H26N2O5/c30-26(22-13-11-19(12-14-22)20-15-17-24(18-16-20)29(32)33)25(21-7-3-1-4-8-21)28-34-27(31)23-9-5-2-6-10-23/h2,5-6,9-18,21,25,28H,1,3-4,7-8H2. The van der Waals surface area contributed by atoms with Gasteiger partial charge in [0.05, 0.1) is 10.5 Å². The summed E-state index contributed by atoms with van der Waals surface area (Å²) >= 11 is 0. The first-order valence-corrected chi connectivity index (χ1v) is 11.4. The molecule has 0 spiro atoms. The SMILES string of the molecule is O=C(ONC(C(=O)c1ccc(-c2ccc([N+](=O)[O-])cc2)cc1)C1CCCCC1)c1ccccc1. The number of hydrogen-bond donors (Lipinski definition) is 1. The predicted molar refractivity (Wildman–Crippen MR) is 128 cm³/mol. The van der Waals surface area contributed by atoms with Crippen molar-refractivity contribution >= 4 is 17.4 Å². The van der Waals surface area contributed by atoms with Crippen LogP contribution in [0.15, 0.2) is 78.9 Å². The number of nitro groups is 1. The fourth-order valence-electron chi connectivity index (χ4n) is 4.36. The number of hydroxylamine groups is 1. The molecule has 0 saturated heterocycles. The lowest BCUT2D eigenvalue weighted by Crippen LogP contribution is -2.44. The predicted octanol–water partition coefficient (Wildman–Crippen LogP) is 5.76. The van der Waals surface area contributed by atoms with Gasteiger partial charge in [0.15, 0.2) is 5.78 Å². The Balaban J connectivity index is 1.49. The van der Waals surface area contributed by atoms with E-state index >= 15 is 0 Å². The van der Waals surface area contributed by atoms with E-state index < -0.39 is 16.9 Å². The van der Waals surface area contributed by atoms with E-state index in [4.69, 9.17) is 4.84 Å². The highest BCUT2D eigenvalue weighted by Gasteiger charge is 2.31. The summed E-state index contributed by atoms with van der Waals surface area (Å²) < 4.78 is 0. The van der Waals surface area contributed by atoms with E-state index in [-0.39, 0.29) is 17.4 Å². The maximum absolute atomic E-state index is 13.4. The molecule has 34 heavy (non-hydrogen) atoms. The van der Waals surface area contributed by atoms with Gasteiger partial charge in [-0.2, -0.15) is 0 Å². The molecule has 1 atom stereocenters. The third-order valence-corrected chi connectivity index (χ3v) is 6.27. The number of nitrogens with zero attached hydrogens (tertiary/aromatic N) is 1. The van der Waals surface area contributed by atoms with E-state index in [0.717, 1.165) is 43.2 Å². The van der Waals surface area contributed by atoms with Gasteiger partial charge in [0, 0.05) is 17.7 Å². The second-order valence-corrected chi connectivity index (χ2v) is 8.49. The van der Waals surface area contributed by atoms with Crippen LogP contribution < -0.4 is 5.48 Å². The summed E-state index contributed by atoms with van der Waals surface area (Å²) in [7, 11) is 0. The molecule has 0 bridgehead atoms. The van der Waals surface area contributed by atoms with E-state index in [2.05, 4.69) is 5.48 Å². The summed E-state index contributed by atoms with van der Waals surface area (Å²) in [5, 5.41) is 10.9. The molecule has 0 radical (unpaired) electrons. The minimum atomic E-state index is -0.627. The number of nitrogens with one attached hydrogen (secondary N) is 1. The Morgan fingerprint density at radius 3 is 2.00 bits per heavy atom. The van der Waals surface area contributed by atoms with Gasteiger partial charge < -0.3 is 4.84 Å². The monoisotopic (exact) mass is 458 g/mol. The first-order chi connectivity index (χ1) is 16.5. The molecule has 174 valence electrons. The number of benzene rings is 3. The van der Waals surface area contributed by atoms with E-state index in [1.807, 2.05) is 18.2 Å². The molecule has 0 aliphatic heterocycles. The molecule has 3 aromatic rings. The van der Waals surface area contributed by atoms with Crippen molar-refractivity contribution in [3.63, 3.8) is 0 Å². The fraction of sp³-hybridized carbons (Fsp3) is 0.259. The van der Waals surface area contributed by atoms with Crippen molar-refractivity contribution in [2.45, 2.75) is 38.1 Å². The number of ketones is 1. The van der Waals surface area contributed by atoms with Crippen LogP contribution in [-0.2, 0) is 4.84 Å². The van der Waals surface area contributed by atoms with Gasteiger partial charge in [-0.15, -0.1) is 5.48 Å². The molecule has 7 nitrogen and oxygen atoms in total. The van der Waals surface area contributed by atoms with Crippen LogP contribution in [0.3, 0.4) is 0 Å². The van der Waals surface area contributed by atoms with E-state index in [1.54, 1.807) is 48.5 Å². The van der Waals surface area contributed by atoms with E-state index in [1.165, 1.54) is 12.1 Å². The largest absolute Gasteiger partial charge is 0.366 e.